The fraction of sp³-hybridized carbons (Fsp3) is 0.625. The number of hydrogen-bond acceptors (Lipinski definition) is 3. The minimum atomic E-state index is 0.579. The van der Waals surface area contributed by atoms with Gasteiger partial charge in [0.25, 0.3) is 0 Å². The molecule has 0 bridgehead atoms. The standard InChI is InChI=1S/C16H26BrNO2/c1-5-7-13(18-6-2)10-8-12-9-11-14(19-3)15(17)16(12)20-4/h9,11,13,18H,5-8,10H2,1-4H3. The molecule has 0 aliphatic rings. The minimum absolute atomic E-state index is 0.579. The van der Waals surface area contributed by atoms with Crippen LogP contribution in [0.1, 0.15) is 38.7 Å². The van der Waals surface area contributed by atoms with E-state index in [1.54, 1.807) is 14.2 Å². The van der Waals surface area contributed by atoms with Crippen LogP contribution in [0.2, 0.25) is 0 Å². The molecule has 0 radical (unpaired) electrons. The van der Waals surface area contributed by atoms with Gasteiger partial charge in [-0.25, -0.2) is 0 Å². The summed E-state index contributed by atoms with van der Waals surface area (Å²) in [5.41, 5.74) is 1.22. The summed E-state index contributed by atoms with van der Waals surface area (Å²) in [5.74, 6) is 1.69. The van der Waals surface area contributed by atoms with Crippen molar-refractivity contribution in [2.24, 2.45) is 0 Å². The molecule has 0 saturated heterocycles. The molecular weight excluding hydrogens is 318 g/mol. The van der Waals surface area contributed by atoms with Crippen LogP contribution in [0, 0.1) is 0 Å². The van der Waals surface area contributed by atoms with Gasteiger partial charge in [-0.3, -0.25) is 0 Å². The molecule has 0 heterocycles. The molecule has 0 amide bonds. The fourth-order valence-corrected chi connectivity index (χ4v) is 3.18. The summed E-state index contributed by atoms with van der Waals surface area (Å²) in [6.07, 6.45) is 4.55. The first-order valence-corrected chi connectivity index (χ1v) is 8.09. The zero-order chi connectivity index (χ0) is 15.0. The number of halogens is 1. The summed E-state index contributed by atoms with van der Waals surface area (Å²) >= 11 is 3.56. The van der Waals surface area contributed by atoms with E-state index in [1.807, 2.05) is 6.07 Å². The Bertz CT molecular complexity index is 404. The molecule has 1 N–H and O–H groups in total. The Labute approximate surface area is 131 Å². The largest absolute Gasteiger partial charge is 0.495 e. The minimum Gasteiger partial charge on any atom is -0.495 e. The van der Waals surface area contributed by atoms with Crippen LogP contribution >= 0.6 is 15.9 Å². The molecule has 3 nitrogen and oxygen atoms in total. The maximum absolute atomic E-state index is 5.52. The quantitative estimate of drug-likeness (QED) is 0.729. The number of ether oxygens (including phenoxy) is 2. The van der Waals surface area contributed by atoms with Crippen molar-refractivity contribution in [2.75, 3.05) is 20.8 Å². The van der Waals surface area contributed by atoms with Gasteiger partial charge in [-0.1, -0.05) is 26.3 Å². The Morgan fingerprint density at radius 3 is 2.45 bits per heavy atom. The molecule has 114 valence electrons. The summed E-state index contributed by atoms with van der Waals surface area (Å²) in [4.78, 5) is 0. The van der Waals surface area contributed by atoms with E-state index < -0.39 is 0 Å². The molecule has 1 unspecified atom stereocenters. The van der Waals surface area contributed by atoms with Crippen LogP contribution in [0.25, 0.3) is 0 Å². The molecule has 0 aromatic heterocycles. The van der Waals surface area contributed by atoms with Crippen LogP contribution in [0.4, 0.5) is 0 Å². The highest BCUT2D eigenvalue weighted by Gasteiger charge is 2.14. The Morgan fingerprint density at radius 1 is 1.15 bits per heavy atom. The second-order valence-corrected chi connectivity index (χ2v) is 5.65. The second-order valence-electron chi connectivity index (χ2n) is 4.86. The van der Waals surface area contributed by atoms with Crippen LogP contribution in [-0.4, -0.2) is 26.8 Å². The van der Waals surface area contributed by atoms with Crippen molar-refractivity contribution in [1.29, 1.82) is 0 Å². The Balaban J connectivity index is 2.78. The van der Waals surface area contributed by atoms with Crippen molar-refractivity contribution >= 4 is 15.9 Å². The molecule has 1 atom stereocenters. The highest BCUT2D eigenvalue weighted by Crippen LogP contribution is 2.37. The molecule has 0 aliphatic heterocycles. The molecule has 0 saturated carbocycles. The number of hydrogen-bond donors (Lipinski definition) is 1. The number of nitrogens with one attached hydrogen (secondary N) is 1. The average Bonchev–Trinajstić information content (AvgIpc) is 2.45. The lowest BCUT2D eigenvalue weighted by Gasteiger charge is -2.18. The van der Waals surface area contributed by atoms with E-state index in [0.29, 0.717) is 6.04 Å². The van der Waals surface area contributed by atoms with Crippen molar-refractivity contribution in [1.82, 2.24) is 5.32 Å². The van der Waals surface area contributed by atoms with Crippen molar-refractivity contribution in [3.63, 3.8) is 0 Å². The Hall–Kier alpha value is -0.740. The number of benzene rings is 1. The van der Waals surface area contributed by atoms with E-state index in [9.17, 15) is 0 Å². The highest BCUT2D eigenvalue weighted by molar-refractivity contribution is 9.10. The molecule has 0 aliphatic carbocycles. The lowest BCUT2D eigenvalue weighted by atomic mass is 10.0. The molecule has 0 fully saturated rings. The molecule has 1 rings (SSSR count). The summed E-state index contributed by atoms with van der Waals surface area (Å²) in [5, 5.41) is 3.55. The van der Waals surface area contributed by atoms with Crippen LogP contribution in [0.3, 0.4) is 0 Å². The number of rotatable bonds is 9. The van der Waals surface area contributed by atoms with Crippen LogP contribution in [0.5, 0.6) is 11.5 Å². The van der Waals surface area contributed by atoms with E-state index >= 15 is 0 Å². The van der Waals surface area contributed by atoms with E-state index in [0.717, 1.165) is 35.4 Å². The first kappa shape index (κ1) is 17.3. The lowest BCUT2D eigenvalue weighted by Crippen LogP contribution is -2.29. The zero-order valence-electron chi connectivity index (χ0n) is 13.0. The van der Waals surface area contributed by atoms with Gasteiger partial charge < -0.3 is 14.8 Å². The predicted octanol–water partition coefficient (Wildman–Crippen LogP) is 4.18. The molecule has 4 heteroatoms. The van der Waals surface area contributed by atoms with Gasteiger partial charge in [0.1, 0.15) is 16.0 Å². The smallest absolute Gasteiger partial charge is 0.139 e. The van der Waals surface area contributed by atoms with Crippen LogP contribution < -0.4 is 14.8 Å². The first-order valence-electron chi connectivity index (χ1n) is 7.30. The normalized spacial score (nSPS) is 12.2. The molecule has 20 heavy (non-hydrogen) atoms. The van der Waals surface area contributed by atoms with Crippen molar-refractivity contribution in [2.45, 2.75) is 45.6 Å². The SMILES string of the molecule is CCCC(CCc1ccc(OC)c(Br)c1OC)NCC. The summed E-state index contributed by atoms with van der Waals surface area (Å²) in [6.45, 7) is 5.41. The van der Waals surface area contributed by atoms with Gasteiger partial charge in [0.2, 0.25) is 0 Å². The highest BCUT2D eigenvalue weighted by atomic mass is 79.9. The van der Waals surface area contributed by atoms with Crippen LogP contribution in [-0.2, 0) is 6.42 Å². The fourth-order valence-electron chi connectivity index (χ4n) is 2.47. The van der Waals surface area contributed by atoms with E-state index in [4.69, 9.17) is 9.47 Å². The molecular formula is C16H26BrNO2. The maximum atomic E-state index is 5.52. The monoisotopic (exact) mass is 343 g/mol. The molecule has 1 aromatic rings. The Kier molecular flexibility index (Phi) is 8.00. The van der Waals surface area contributed by atoms with E-state index in [1.165, 1.54) is 18.4 Å². The van der Waals surface area contributed by atoms with Crippen LogP contribution in [0.15, 0.2) is 16.6 Å². The van der Waals surface area contributed by atoms with Gasteiger partial charge in [0.15, 0.2) is 0 Å². The maximum Gasteiger partial charge on any atom is 0.139 e. The zero-order valence-corrected chi connectivity index (χ0v) is 14.5. The van der Waals surface area contributed by atoms with Gasteiger partial charge in [-0.2, -0.15) is 0 Å². The van der Waals surface area contributed by atoms with Gasteiger partial charge in [0, 0.05) is 6.04 Å². The van der Waals surface area contributed by atoms with Crippen molar-refractivity contribution in [3.8, 4) is 11.5 Å². The average molecular weight is 344 g/mol. The van der Waals surface area contributed by atoms with Crippen molar-refractivity contribution in [3.05, 3.63) is 22.2 Å². The molecule has 0 spiro atoms. The lowest BCUT2D eigenvalue weighted by molar-refractivity contribution is 0.383. The van der Waals surface area contributed by atoms with E-state index in [-0.39, 0.29) is 0 Å². The summed E-state index contributed by atoms with van der Waals surface area (Å²) in [6, 6.07) is 4.66. The van der Waals surface area contributed by atoms with Gasteiger partial charge in [0.05, 0.1) is 14.2 Å². The number of aryl methyl sites for hydroxylation is 1. The van der Waals surface area contributed by atoms with Gasteiger partial charge in [-0.05, 0) is 53.4 Å². The summed E-state index contributed by atoms with van der Waals surface area (Å²) < 4.78 is 11.7. The summed E-state index contributed by atoms with van der Waals surface area (Å²) in [7, 11) is 3.37. The third-order valence-electron chi connectivity index (χ3n) is 3.46. The second kappa shape index (κ2) is 9.24. The third-order valence-corrected chi connectivity index (χ3v) is 4.21. The van der Waals surface area contributed by atoms with E-state index in [2.05, 4.69) is 41.2 Å². The molecule has 1 aromatic carbocycles. The third kappa shape index (κ3) is 4.67. The van der Waals surface area contributed by atoms with Gasteiger partial charge >= 0.3 is 0 Å². The predicted molar refractivity (Wildman–Crippen MR) is 87.9 cm³/mol. The number of methoxy groups -OCH3 is 2. The first-order chi connectivity index (χ1) is 9.67. The van der Waals surface area contributed by atoms with Crippen molar-refractivity contribution < 1.29 is 9.47 Å². The topological polar surface area (TPSA) is 30.5 Å². The van der Waals surface area contributed by atoms with Gasteiger partial charge in [-0.15, -0.1) is 0 Å². The Morgan fingerprint density at radius 2 is 1.90 bits per heavy atom.